The van der Waals surface area contributed by atoms with E-state index >= 15 is 0 Å². The number of nitrogens with one attached hydrogen (secondary N) is 2. The molecule has 9 nitrogen and oxygen atoms in total. The van der Waals surface area contributed by atoms with Crippen LogP contribution >= 0.6 is 11.5 Å². The topological polar surface area (TPSA) is 105 Å². The molecule has 1 fully saturated rings. The zero-order chi connectivity index (χ0) is 29.1. The Morgan fingerprint density at radius 3 is 2.50 bits per heavy atom. The number of halogens is 6. The van der Waals surface area contributed by atoms with Crippen molar-refractivity contribution in [2.24, 2.45) is 5.92 Å². The van der Waals surface area contributed by atoms with E-state index in [9.17, 15) is 31.1 Å². The molecule has 4 heterocycles. The third kappa shape index (κ3) is 7.78. The van der Waals surface area contributed by atoms with Crippen LogP contribution in [0.4, 0.5) is 42.8 Å². The van der Waals surface area contributed by atoms with E-state index in [0.29, 0.717) is 43.0 Å². The number of hydrogen-bond donors (Lipinski definition) is 2. The number of rotatable bonds is 8. The van der Waals surface area contributed by atoms with Gasteiger partial charge in [-0.15, -0.1) is 0 Å². The van der Waals surface area contributed by atoms with E-state index in [1.54, 1.807) is 24.0 Å². The molecule has 1 aliphatic heterocycles. The number of carbonyl (C=O) groups excluding carboxylic acids is 1. The second-order valence-electron chi connectivity index (χ2n) is 9.31. The molecule has 3 aromatic rings. The van der Waals surface area contributed by atoms with E-state index < -0.39 is 30.4 Å². The molecular formula is C24H25F6N7O2S. The second kappa shape index (κ2) is 11.9. The number of nitrogens with zero attached hydrogens (tertiary/aromatic N) is 5. The fourth-order valence-corrected chi connectivity index (χ4v) is 4.93. The first-order valence-electron chi connectivity index (χ1n) is 12.1. The molecule has 0 spiro atoms. The molecule has 40 heavy (non-hydrogen) atoms. The van der Waals surface area contributed by atoms with Gasteiger partial charge >= 0.3 is 12.4 Å². The lowest BCUT2D eigenvalue weighted by Gasteiger charge is -2.36. The van der Waals surface area contributed by atoms with Crippen LogP contribution < -0.4 is 15.4 Å². The van der Waals surface area contributed by atoms with Gasteiger partial charge in [0.1, 0.15) is 16.9 Å². The van der Waals surface area contributed by atoms with E-state index in [1.807, 2.05) is 6.92 Å². The molecule has 1 saturated heterocycles. The molecule has 0 saturated carbocycles. The molecule has 3 aromatic heterocycles. The van der Waals surface area contributed by atoms with Gasteiger partial charge in [-0.05, 0) is 30.9 Å². The lowest BCUT2D eigenvalue weighted by atomic mass is 9.96. The average molecular weight is 590 g/mol. The number of anilines is 3. The fraction of sp³-hybridized carbons (Fsp3) is 0.458. The van der Waals surface area contributed by atoms with Crippen LogP contribution in [-0.2, 0) is 6.18 Å². The van der Waals surface area contributed by atoms with Crippen molar-refractivity contribution in [3.8, 4) is 5.88 Å². The number of hydrogen-bond acceptors (Lipinski definition) is 9. The van der Waals surface area contributed by atoms with Crippen LogP contribution in [0.15, 0.2) is 30.7 Å². The summed E-state index contributed by atoms with van der Waals surface area (Å²) in [6, 6.07) is 3.17. The van der Waals surface area contributed by atoms with Crippen LogP contribution in [0.5, 0.6) is 5.88 Å². The highest BCUT2D eigenvalue weighted by Crippen LogP contribution is 2.31. The first kappa shape index (κ1) is 29.5. The summed E-state index contributed by atoms with van der Waals surface area (Å²) in [5.41, 5.74) is -0.206. The van der Waals surface area contributed by atoms with Crippen molar-refractivity contribution >= 4 is 33.9 Å². The summed E-state index contributed by atoms with van der Waals surface area (Å²) < 4.78 is 85.8. The first-order chi connectivity index (χ1) is 18.8. The number of aryl methyl sites for hydroxylation is 1. The zero-order valence-electron chi connectivity index (χ0n) is 21.3. The van der Waals surface area contributed by atoms with E-state index in [1.165, 1.54) is 6.20 Å². The summed E-state index contributed by atoms with van der Waals surface area (Å²) >= 11 is 0.939. The number of likely N-dealkylation sites (tertiary alicyclic amines) is 1. The summed E-state index contributed by atoms with van der Waals surface area (Å²) in [5, 5.41) is 5.74. The monoisotopic (exact) mass is 589 g/mol. The Labute approximate surface area is 229 Å². The largest absolute Gasteiger partial charge is 0.474 e. The number of carbonyl (C=O) groups is 1. The van der Waals surface area contributed by atoms with Crippen molar-refractivity contribution in [2.75, 3.05) is 30.3 Å². The Bertz CT molecular complexity index is 1300. The van der Waals surface area contributed by atoms with Crippen molar-refractivity contribution in [2.45, 2.75) is 45.1 Å². The number of amides is 1. The van der Waals surface area contributed by atoms with Gasteiger partial charge in [-0.3, -0.25) is 4.79 Å². The first-order valence-corrected chi connectivity index (χ1v) is 12.9. The maximum Gasteiger partial charge on any atom is 0.434 e. The van der Waals surface area contributed by atoms with Crippen LogP contribution in [-0.4, -0.2) is 62.0 Å². The molecule has 1 aliphatic rings. The minimum atomic E-state index is -4.62. The van der Waals surface area contributed by atoms with E-state index in [2.05, 4.69) is 30.0 Å². The average Bonchev–Trinajstić information content (AvgIpc) is 3.24. The van der Waals surface area contributed by atoms with Gasteiger partial charge in [0.15, 0.2) is 5.69 Å². The maximum absolute atomic E-state index is 13.0. The van der Waals surface area contributed by atoms with Gasteiger partial charge in [0.2, 0.25) is 5.88 Å². The summed E-state index contributed by atoms with van der Waals surface area (Å²) in [7, 11) is 0. The highest BCUT2D eigenvalue weighted by molar-refractivity contribution is 7.10. The summed E-state index contributed by atoms with van der Waals surface area (Å²) in [6.45, 7) is 4.46. The minimum Gasteiger partial charge on any atom is -0.474 e. The van der Waals surface area contributed by atoms with Crippen molar-refractivity contribution in [1.29, 1.82) is 0 Å². The summed E-state index contributed by atoms with van der Waals surface area (Å²) in [6.07, 6.45) is -6.41. The molecule has 0 bridgehead atoms. The molecule has 4 rings (SSSR count). The number of aromatic nitrogens is 4. The molecule has 2 N–H and O–H groups in total. The molecule has 2 unspecified atom stereocenters. The highest BCUT2D eigenvalue weighted by Gasteiger charge is 2.33. The van der Waals surface area contributed by atoms with Crippen LogP contribution in [0.3, 0.4) is 0 Å². The molecule has 0 aromatic carbocycles. The van der Waals surface area contributed by atoms with E-state index in [4.69, 9.17) is 4.74 Å². The second-order valence-corrected chi connectivity index (χ2v) is 10.1. The Morgan fingerprint density at radius 1 is 1.12 bits per heavy atom. The van der Waals surface area contributed by atoms with Gasteiger partial charge in [0, 0.05) is 31.6 Å². The maximum atomic E-state index is 13.0. The molecule has 1 amide bonds. The van der Waals surface area contributed by atoms with Gasteiger partial charge in [-0.25, -0.2) is 15.0 Å². The van der Waals surface area contributed by atoms with Gasteiger partial charge in [0.05, 0.1) is 42.0 Å². The fourth-order valence-electron chi connectivity index (χ4n) is 4.12. The molecule has 2 atom stereocenters. The van der Waals surface area contributed by atoms with E-state index in [-0.39, 0.29) is 34.9 Å². The van der Waals surface area contributed by atoms with Crippen molar-refractivity contribution in [3.05, 3.63) is 47.7 Å². The minimum absolute atomic E-state index is 0.00231. The third-order valence-electron chi connectivity index (χ3n) is 6.16. The van der Waals surface area contributed by atoms with Gasteiger partial charge in [0.25, 0.3) is 5.91 Å². The predicted octanol–water partition coefficient (Wildman–Crippen LogP) is 5.69. The number of alkyl halides is 6. The number of pyridine rings is 1. The highest BCUT2D eigenvalue weighted by atomic mass is 32.1. The van der Waals surface area contributed by atoms with Crippen LogP contribution in [0.25, 0.3) is 0 Å². The van der Waals surface area contributed by atoms with Crippen LogP contribution in [0.1, 0.15) is 41.5 Å². The summed E-state index contributed by atoms with van der Waals surface area (Å²) in [4.78, 5) is 26.0. The Morgan fingerprint density at radius 2 is 1.90 bits per heavy atom. The van der Waals surface area contributed by atoms with Gasteiger partial charge in [-0.1, -0.05) is 6.92 Å². The number of ether oxygens (including phenoxy) is 1. The van der Waals surface area contributed by atoms with Crippen LogP contribution in [0.2, 0.25) is 0 Å². The zero-order valence-corrected chi connectivity index (χ0v) is 22.1. The van der Waals surface area contributed by atoms with Gasteiger partial charge < -0.3 is 20.3 Å². The molecule has 16 heteroatoms. The molecule has 0 radical (unpaired) electrons. The van der Waals surface area contributed by atoms with Crippen molar-refractivity contribution in [3.63, 3.8) is 0 Å². The smallest absolute Gasteiger partial charge is 0.434 e. The SMILES string of the molecule is Cc1nsc(Nc2cnc(C(F)(F)F)cn2)c1C(=O)Nc1ccc(OC2CCN(CCC(F)(F)F)CC2C)nc1. The quantitative estimate of drug-likeness (QED) is 0.323. The predicted molar refractivity (Wildman–Crippen MR) is 135 cm³/mol. The molecule has 216 valence electrons. The normalized spacial score (nSPS) is 18.4. The molecular weight excluding hydrogens is 564 g/mol. The number of piperidine rings is 1. The lowest BCUT2D eigenvalue weighted by molar-refractivity contribution is -0.141. The van der Waals surface area contributed by atoms with Crippen molar-refractivity contribution < 1.29 is 35.9 Å². The summed E-state index contributed by atoms with van der Waals surface area (Å²) in [5.74, 6) is -0.203. The Balaban J connectivity index is 1.33. The third-order valence-corrected chi connectivity index (χ3v) is 7.02. The lowest BCUT2D eigenvalue weighted by Crippen LogP contribution is -2.45. The van der Waals surface area contributed by atoms with E-state index in [0.717, 1.165) is 17.7 Å². The Kier molecular flexibility index (Phi) is 8.77. The standard InChI is InChI=1S/C24H25F6N7O2S/c1-13-12-37(8-6-23(25,26)27)7-5-16(13)39-19-4-3-15(9-33-19)34-21(38)20-14(2)36-40-22(20)35-18-11-31-17(10-32-18)24(28,29)30/h3-4,9-11,13,16H,5-8,12H2,1-2H3,(H,32,35)(H,34,38). The van der Waals surface area contributed by atoms with Crippen LogP contribution in [0, 0.1) is 12.8 Å². The van der Waals surface area contributed by atoms with Crippen molar-refractivity contribution in [1.82, 2.24) is 24.2 Å². The molecule has 0 aliphatic carbocycles. The van der Waals surface area contributed by atoms with Gasteiger partial charge in [-0.2, -0.15) is 30.7 Å². The Hall–Kier alpha value is -3.53.